The lowest BCUT2D eigenvalue weighted by molar-refractivity contribution is -0.385. The van der Waals surface area contributed by atoms with E-state index in [-0.39, 0.29) is 39.2 Å². The van der Waals surface area contributed by atoms with Gasteiger partial charge in [-0.25, -0.2) is 0 Å². The van der Waals surface area contributed by atoms with Gasteiger partial charge in [0.25, 0.3) is 11.4 Å². The van der Waals surface area contributed by atoms with E-state index in [0.29, 0.717) is 0 Å². The number of para-hydroxylation sites is 2. The molecule has 10 heteroatoms. The monoisotopic (exact) mass is 384 g/mol. The second-order valence-electron chi connectivity index (χ2n) is 4.85. The average Bonchev–Trinajstić information content (AvgIpc) is 2.52. The molecule has 0 amide bonds. The van der Waals surface area contributed by atoms with E-state index in [0.717, 1.165) is 0 Å². The van der Waals surface area contributed by atoms with Crippen molar-refractivity contribution in [2.24, 2.45) is 0 Å². The lowest BCUT2D eigenvalue weighted by atomic mass is 10.1. The smallest absolute Gasteiger partial charge is 0.310 e. The number of carbonyl (C=O) groups is 1. The molecule has 0 aromatic heterocycles. The van der Waals surface area contributed by atoms with Gasteiger partial charge in [-0.15, -0.1) is 0 Å². The predicted molar refractivity (Wildman–Crippen MR) is 89.7 cm³/mol. The van der Waals surface area contributed by atoms with Gasteiger partial charge in [-0.2, -0.15) is 0 Å². The third kappa shape index (κ3) is 4.43. The second-order valence-corrected chi connectivity index (χ2v) is 5.66. The molecular formula is C15H10Cl2N2O6. The van der Waals surface area contributed by atoms with Gasteiger partial charge in [0.2, 0.25) is 0 Å². The first-order chi connectivity index (χ1) is 11.8. The van der Waals surface area contributed by atoms with Gasteiger partial charge in [0.1, 0.15) is 16.7 Å². The fraction of sp³-hybridized carbons (Fsp3) is 0.133. The molecule has 0 aliphatic rings. The molecule has 0 fully saturated rings. The van der Waals surface area contributed by atoms with Crippen LogP contribution in [0.2, 0.25) is 10.0 Å². The quantitative estimate of drug-likeness (QED) is 0.420. The van der Waals surface area contributed by atoms with Crippen molar-refractivity contribution < 1.29 is 19.4 Å². The van der Waals surface area contributed by atoms with Crippen LogP contribution in [-0.4, -0.2) is 15.8 Å². The van der Waals surface area contributed by atoms with Gasteiger partial charge in [0.05, 0.1) is 21.8 Å². The maximum absolute atomic E-state index is 11.9. The van der Waals surface area contributed by atoms with Crippen LogP contribution < -0.4 is 0 Å². The van der Waals surface area contributed by atoms with E-state index < -0.39 is 22.2 Å². The number of carbonyl (C=O) groups excluding carboxylic acids is 1. The van der Waals surface area contributed by atoms with Crippen LogP contribution in [0.15, 0.2) is 36.4 Å². The Labute approximate surface area is 151 Å². The van der Waals surface area contributed by atoms with Crippen LogP contribution in [0.3, 0.4) is 0 Å². The van der Waals surface area contributed by atoms with Crippen molar-refractivity contribution in [3.63, 3.8) is 0 Å². The lowest BCUT2D eigenvalue weighted by Gasteiger charge is -2.07. The van der Waals surface area contributed by atoms with Crippen LogP contribution in [0.1, 0.15) is 11.1 Å². The highest BCUT2D eigenvalue weighted by molar-refractivity contribution is 6.33. The normalized spacial score (nSPS) is 10.3. The standard InChI is InChI=1S/C15H10Cl2N2O6/c16-11-5-1-3-9(14(11)18(21)22)7-13(20)25-8-10-4-2-6-12(17)15(10)19(23)24/h1-6H,7-8H2. The van der Waals surface area contributed by atoms with E-state index in [9.17, 15) is 25.0 Å². The van der Waals surface area contributed by atoms with Crippen molar-refractivity contribution in [2.45, 2.75) is 13.0 Å². The van der Waals surface area contributed by atoms with Crippen molar-refractivity contribution in [1.29, 1.82) is 0 Å². The summed E-state index contributed by atoms with van der Waals surface area (Å²) in [5, 5.41) is 21.9. The van der Waals surface area contributed by atoms with Crippen molar-refractivity contribution in [2.75, 3.05) is 0 Å². The molecule has 0 aliphatic heterocycles. The molecule has 2 aromatic rings. The highest BCUT2D eigenvalue weighted by Crippen LogP contribution is 2.30. The van der Waals surface area contributed by atoms with E-state index in [4.69, 9.17) is 27.9 Å². The lowest BCUT2D eigenvalue weighted by Crippen LogP contribution is -2.10. The molecule has 2 rings (SSSR count). The van der Waals surface area contributed by atoms with Crippen LogP contribution >= 0.6 is 23.2 Å². The van der Waals surface area contributed by atoms with Crippen molar-refractivity contribution in [3.8, 4) is 0 Å². The Morgan fingerprint density at radius 1 is 0.920 bits per heavy atom. The van der Waals surface area contributed by atoms with Crippen molar-refractivity contribution >= 4 is 40.5 Å². The van der Waals surface area contributed by atoms with E-state index in [1.54, 1.807) is 0 Å². The van der Waals surface area contributed by atoms with Crippen LogP contribution in [0, 0.1) is 20.2 Å². The van der Waals surface area contributed by atoms with E-state index in [1.807, 2.05) is 0 Å². The van der Waals surface area contributed by atoms with E-state index in [1.165, 1.54) is 36.4 Å². The number of rotatable bonds is 6. The molecule has 25 heavy (non-hydrogen) atoms. The zero-order valence-corrected chi connectivity index (χ0v) is 14.0. The van der Waals surface area contributed by atoms with Crippen LogP contribution in [0.4, 0.5) is 11.4 Å². The average molecular weight is 385 g/mol. The largest absolute Gasteiger partial charge is 0.460 e. The summed E-state index contributed by atoms with van der Waals surface area (Å²) in [4.78, 5) is 32.7. The zero-order chi connectivity index (χ0) is 18.6. The molecule has 0 bridgehead atoms. The van der Waals surface area contributed by atoms with Crippen molar-refractivity contribution in [3.05, 3.63) is 77.8 Å². The highest BCUT2D eigenvalue weighted by Gasteiger charge is 2.22. The molecule has 0 radical (unpaired) electrons. The third-order valence-electron chi connectivity index (χ3n) is 3.23. The summed E-state index contributed by atoms with van der Waals surface area (Å²) in [6, 6.07) is 8.43. The Balaban J connectivity index is 2.13. The number of nitrogens with zero attached hydrogens (tertiary/aromatic N) is 2. The summed E-state index contributed by atoms with van der Waals surface area (Å²) in [6.07, 6.45) is -0.398. The molecule has 0 N–H and O–H groups in total. The van der Waals surface area contributed by atoms with Crippen molar-refractivity contribution in [1.82, 2.24) is 0 Å². The first-order valence-corrected chi connectivity index (χ1v) is 7.56. The molecule has 2 aromatic carbocycles. The SMILES string of the molecule is O=C(Cc1cccc(Cl)c1[N+](=O)[O-])OCc1cccc(Cl)c1[N+](=O)[O-]. The van der Waals surface area contributed by atoms with Crippen LogP contribution in [0.5, 0.6) is 0 Å². The minimum atomic E-state index is -0.792. The Hall–Kier alpha value is -2.71. The number of hydrogen-bond acceptors (Lipinski definition) is 6. The summed E-state index contributed by atoms with van der Waals surface area (Å²) in [7, 11) is 0. The molecule has 0 heterocycles. The Morgan fingerprint density at radius 3 is 1.92 bits per heavy atom. The van der Waals surface area contributed by atoms with Gasteiger partial charge in [-0.3, -0.25) is 25.0 Å². The fourth-order valence-corrected chi connectivity index (χ4v) is 2.68. The first-order valence-electron chi connectivity index (χ1n) is 6.80. The molecule has 130 valence electrons. The molecule has 0 aliphatic carbocycles. The predicted octanol–water partition coefficient (Wildman–Crippen LogP) is 4.10. The topological polar surface area (TPSA) is 113 Å². The van der Waals surface area contributed by atoms with Gasteiger partial charge in [0.15, 0.2) is 0 Å². The summed E-state index contributed by atoms with van der Waals surface area (Å²) >= 11 is 11.5. The summed E-state index contributed by atoms with van der Waals surface area (Å²) in [5.41, 5.74) is -0.532. The third-order valence-corrected chi connectivity index (χ3v) is 3.84. The number of hydrogen-bond donors (Lipinski definition) is 0. The number of halogens is 2. The summed E-state index contributed by atoms with van der Waals surface area (Å²) in [5.74, 6) is -0.792. The Kier molecular flexibility index (Phi) is 5.89. The van der Waals surface area contributed by atoms with E-state index in [2.05, 4.69) is 0 Å². The molecule has 0 saturated heterocycles. The molecular weight excluding hydrogens is 375 g/mol. The molecule has 0 spiro atoms. The maximum Gasteiger partial charge on any atom is 0.310 e. The van der Waals surface area contributed by atoms with Crippen LogP contribution in [0.25, 0.3) is 0 Å². The van der Waals surface area contributed by atoms with Gasteiger partial charge in [-0.05, 0) is 18.2 Å². The Bertz CT molecular complexity index is 856. The number of esters is 1. The highest BCUT2D eigenvalue weighted by atomic mass is 35.5. The molecule has 0 unspecified atom stereocenters. The number of benzene rings is 2. The molecule has 0 saturated carbocycles. The number of nitro groups is 2. The fourth-order valence-electron chi connectivity index (χ4n) is 2.15. The summed E-state index contributed by atoms with van der Waals surface area (Å²) < 4.78 is 4.98. The minimum absolute atomic E-state index is 0.0796. The molecule has 8 nitrogen and oxygen atoms in total. The minimum Gasteiger partial charge on any atom is -0.460 e. The number of ether oxygens (including phenoxy) is 1. The van der Waals surface area contributed by atoms with Gasteiger partial charge in [-0.1, -0.05) is 41.4 Å². The van der Waals surface area contributed by atoms with Gasteiger partial charge >= 0.3 is 5.97 Å². The first kappa shape index (κ1) is 18.6. The summed E-state index contributed by atoms with van der Waals surface area (Å²) in [6.45, 7) is -0.385. The maximum atomic E-state index is 11.9. The second kappa shape index (κ2) is 7.91. The van der Waals surface area contributed by atoms with Crippen LogP contribution in [-0.2, 0) is 22.6 Å². The van der Waals surface area contributed by atoms with Gasteiger partial charge < -0.3 is 4.74 Å². The van der Waals surface area contributed by atoms with E-state index >= 15 is 0 Å². The zero-order valence-electron chi connectivity index (χ0n) is 12.5. The number of nitro benzene ring substituents is 2. The Morgan fingerprint density at radius 2 is 1.40 bits per heavy atom. The van der Waals surface area contributed by atoms with Gasteiger partial charge in [0, 0.05) is 5.56 Å². The molecule has 0 atom stereocenters.